The third-order valence-corrected chi connectivity index (χ3v) is 4.85. The van der Waals surface area contributed by atoms with Crippen LogP contribution >= 0.6 is 0 Å². The first-order chi connectivity index (χ1) is 10.1. The van der Waals surface area contributed by atoms with Crippen molar-refractivity contribution in [2.24, 2.45) is 22.2 Å². The standard InChI is InChI=1S/C17H24N2O3/c1-10(2)17(5)15(21)18-14(19-17)16(4)9-11(3)7-8-12(16)13(20)22-6/h7-10,12H,1-6H3,(H,18,19,21). The zero-order chi connectivity index (χ0) is 16.7. The lowest BCUT2D eigenvalue weighted by atomic mass is 9.71. The summed E-state index contributed by atoms with van der Waals surface area (Å²) in [4.78, 5) is 29.2. The topological polar surface area (TPSA) is 67.8 Å². The third-order valence-electron chi connectivity index (χ3n) is 4.85. The molecule has 3 atom stereocenters. The van der Waals surface area contributed by atoms with Gasteiger partial charge in [0.05, 0.1) is 18.4 Å². The van der Waals surface area contributed by atoms with Gasteiger partial charge in [0.25, 0.3) is 5.91 Å². The van der Waals surface area contributed by atoms with Gasteiger partial charge in [-0.25, -0.2) is 0 Å². The summed E-state index contributed by atoms with van der Waals surface area (Å²) in [5.74, 6) is -0.363. The number of hydrogen-bond donors (Lipinski definition) is 1. The van der Waals surface area contributed by atoms with Crippen LogP contribution in [0.5, 0.6) is 0 Å². The number of carbonyl (C=O) groups is 2. The summed E-state index contributed by atoms with van der Waals surface area (Å²) >= 11 is 0. The molecule has 1 aliphatic heterocycles. The van der Waals surface area contributed by atoms with Gasteiger partial charge in [0.1, 0.15) is 11.4 Å². The molecule has 1 amide bonds. The van der Waals surface area contributed by atoms with Crippen LogP contribution in [-0.2, 0) is 14.3 Å². The maximum atomic E-state index is 12.4. The monoisotopic (exact) mass is 304 g/mol. The average molecular weight is 304 g/mol. The SMILES string of the molecule is COC(=O)C1C=CC(C)=CC1(C)C1=NC(C)(C(C)C)C(=O)N1. The van der Waals surface area contributed by atoms with Crippen molar-refractivity contribution < 1.29 is 14.3 Å². The first-order valence-corrected chi connectivity index (χ1v) is 7.52. The van der Waals surface area contributed by atoms with E-state index in [1.54, 1.807) is 0 Å². The van der Waals surface area contributed by atoms with Crippen molar-refractivity contribution in [3.8, 4) is 0 Å². The Labute approximate surface area is 131 Å². The molecule has 0 spiro atoms. The molecule has 1 heterocycles. The van der Waals surface area contributed by atoms with Crippen LogP contribution in [0.4, 0.5) is 0 Å². The van der Waals surface area contributed by atoms with E-state index in [2.05, 4.69) is 10.3 Å². The zero-order valence-electron chi connectivity index (χ0n) is 14.1. The van der Waals surface area contributed by atoms with Gasteiger partial charge in [-0.1, -0.05) is 37.6 Å². The Kier molecular flexibility index (Phi) is 4.02. The van der Waals surface area contributed by atoms with Gasteiger partial charge in [0, 0.05) is 0 Å². The van der Waals surface area contributed by atoms with Gasteiger partial charge in [0.15, 0.2) is 0 Å². The molecule has 0 aromatic carbocycles. The molecule has 0 aromatic heterocycles. The van der Waals surface area contributed by atoms with Crippen LogP contribution in [0.25, 0.3) is 0 Å². The Balaban J connectivity index is 2.50. The van der Waals surface area contributed by atoms with Gasteiger partial charge < -0.3 is 10.1 Å². The van der Waals surface area contributed by atoms with E-state index in [9.17, 15) is 9.59 Å². The first kappa shape index (κ1) is 16.5. The van der Waals surface area contributed by atoms with Crippen LogP contribution in [0, 0.1) is 17.3 Å². The number of aliphatic imine (C=N–C) groups is 1. The van der Waals surface area contributed by atoms with E-state index in [1.807, 2.05) is 52.8 Å². The molecule has 22 heavy (non-hydrogen) atoms. The van der Waals surface area contributed by atoms with E-state index < -0.39 is 16.9 Å². The Morgan fingerprint density at radius 2 is 2.05 bits per heavy atom. The highest BCUT2D eigenvalue weighted by molar-refractivity contribution is 6.12. The summed E-state index contributed by atoms with van der Waals surface area (Å²) in [6.45, 7) is 9.63. The first-order valence-electron chi connectivity index (χ1n) is 7.52. The third kappa shape index (κ3) is 2.38. The lowest BCUT2D eigenvalue weighted by molar-refractivity contribution is -0.145. The van der Waals surface area contributed by atoms with Crippen LogP contribution < -0.4 is 5.32 Å². The number of carbonyl (C=O) groups excluding carboxylic acids is 2. The molecular formula is C17H24N2O3. The maximum Gasteiger partial charge on any atom is 0.313 e. The van der Waals surface area contributed by atoms with E-state index in [4.69, 9.17) is 4.74 Å². The second kappa shape index (κ2) is 5.38. The highest BCUT2D eigenvalue weighted by atomic mass is 16.5. The fourth-order valence-corrected chi connectivity index (χ4v) is 2.92. The molecule has 1 N–H and O–H groups in total. The number of methoxy groups -OCH3 is 1. The Morgan fingerprint density at radius 3 is 2.55 bits per heavy atom. The largest absolute Gasteiger partial charge is 0.469 e. The smallest absolute Gasteiger partial charge is 0.313 e. The molecule has 2 rings (SSSR count). The number of amides is 1. The summed E-state index contributed by atoms with van der Waals surface area (Å²) in [6.07, 6.45) is 5.68. The number of esters is 1. The minimum absolute atomic E-state index is 0.0642. The number of hydrogen-bond acceptors (Lipinski definition) is 4. The van der Waals surface area contributed by atoms with Crippen molar-refractivity contribution in [1.82, 2.24) is 5.32 Å². The Hall–Kier alpha value is -1.91. The number of nitrogens with zero attached hydrogens (tertiary/aromatic N) is 1. The van der Waals surface area contributed by atoms with Gasteiger partial charge in [-0.3, -0.25) is 14.6 Å². The van der Waals surface area contributed by atoms with Crippen molar-refractivity contribution in [2.45, 2.75) is 40.2 Å². The average Bonchev–Trinajstić information content (AvgIpc) is 2.76. The summed E-state index contributed by atoms with van der Waals surface area (Å²) < 4.78 is 4.92. The van der Waals surface area contributed by atoms with E-state index in [0.717, 1.165) is 5.57 Å². The molecular weight excluding hydrogens is 280 g/mol. The summed E-state index contributed by atoms with van der Waals surface area (Å²) in [5.41, 5.74) is -0.492. The number of ether oxygens (including phenoxy) is 1. The lowest BCUT2D eigenvalue weighted by Crippen LogP contribution is -2.47. The van der Waals surface area contributed by atoms with Gasteiger partial charge in [-0.05, 0) is 26.7 Å². The second-order valence-electron chi connectivity index (χ2n) is 6.75. The van der Waals surface area contributed by atoms with Gasteiger partial charge >= 0.3 is 5.97 Å². The zero-order valence-corrected chi connectivity index (χ0v) is 14.1. The number of rotatable bonds is 3. The molecule has 0 aromatic rings. The minimum atomic E-state index is -0.804. The molecule has 120 valence electrons. The Morgan fingerprint density at radius 1 is 1.41 bits per heavy atom. The number of amidine groups is 1. The van der Waals surface area contributed by atoms with Crippen LogP contribution in [0.3, 0.4) is 0 Å². The fraction of sp³-hybridized carbons (Fsp3) is 0.588. The van der Waals surface area contributed by atoms with Crippen LogP contribution in [0.15, 0.2) is 28.8 Å². The summed E-state index contributed by atoms with van der Waals surface area (Å²) in [7, 11) is 1.37. The molecule has 2 aliphatic rings. The van der Waals surface area contributed by atoms with Gasteiger partial charge in [0.2, 0.25) is 0 Å². The van der Waals surface area contributed by atoms with Crippen molar-refractivity contribution in [2.75, 3.05) is 7.11 Å². The Bertz CT molecular complexity index is 603. The molecule has 3 unspecified atom stereocenters. The molecule has 5 nitrogen and oxygen atoms in total. The van der Waals surface area contributed by atoms with E-state index in [0.29, 0.717) is 5.84 Å². The predicted molar refractivity (Wildman–Crippen MR) is 85.3 cm³/mol. The quantitative estimate of drug-likeness (QED) is 0.813. The van der Waals surface area contributed by atoms with Crippen molar-refractivity contribution in [3.63, 3.8) is 0 Å². The number of allylic oxidation sites excluding steroid dienone is 2. The van der Waals surface area contributed by atoms with E-state index >= 15 is 0 Å². The number of nitrogens with one attached hydrogen (secondary N) is 1. The van der Waals surface area contributed by atoms with Crippen molar-refractivity contribution >= 4 is 17.7 Å². The van der Waals surface area contributed by atoms with Crippen LogP contribution in [0.1, 0.15) is 34.6 Å². The van der Waals surface area contributed by atoms with Gasteiger partial charge in [-0.15, -0.1) is 0 Å². The molecule has 0 saturated heterocycles. The molecule has 1 aliphatic carbocycles. The normalized spacial score (nSPS) is 34.3. The van der Waals surface area contributed by atoms with Crippen LogP contribution in [-0.4, -0.2) is 30.4 Å². The second-order valence-corrected chi connectivity index (χ2v) is 6.75. The summed E-state index contributed by atoms with van der Waals surface area (Å²) in [5, 5.41) is 2.89. The molecule has 0 saturated carbocycles. The molecule has 0 radical (unpaired) electrons. The lowest BCUT2D eigenvalue weighted by Gasteiger charge is -2.34. The maximum absolute atomic E-state index is 12.4. The highest BCUT2D eigenvalue weighted by Crippen LogP contribution is 2.40. The predicted octanol–water partition coefficient (Wildman–Crippen LogP) is 2.24. The molecule has 5 heteroatoms. The summed E-state index contributed by atoms with van der Waals surface area (Å²) in [6, 6.07) is 0. The minimum Gasteiger partial charge on any atom is -0.469 e. The van der Waals surface area contributed by atoms with Crippen LogP contribution in [0.2, 0.25) is 0 Å². The molecule has 0 bridgehead atoms. The highest BCUT2D eigenvalue weighted by Gasteiger charge is 2.50. The van der Waals surface area contributed by atoms with E-state index in [-0.39, 0.29) is 17.8 Å². The van der Waals surface area contributed by atoms with Gasteiger partial charge in [-0.2, -0.15) is 0 Å². The van der Waals surface area contributed by atoms with E-state index in [1.165, 1.54) is 7.11 Å². The van der Waals surface area contributed by atoms with Crippen molar-refractivity contribution in [1.29, 1.82) is 0 Å². The fourth-order valence-electron chi connectivity index (χ4n) is 2.92. The molecule has 0 fully saturated rings. The van der Waals surface area contributed by atoms with Crippen molar-refractivity contribution in [3.05, 3.63) is 23.8 Å².